The van der Waals surface area contributed by atoms with Crippen molar-refractivity contribution >= 4 is 43.1 Å². The van der Waals surface area contributed by atoms with Gasteiger partial charge in [-0.15, -0.1) is 0 Å². The standard InChI is InChI=1S/C45H67N3O4S.C44H65N3O4S/c1-29(2)34-16-21-45(46-24-25-47-27-33-26-32(47)28-48(33)53(9,50)51)23-22-43(6)36(39(34)45)14-15-38-42(5)19-17-35(30-10-12-31(13-11-30)40(49)52-8)41(3,4)37(42)18-20-44(38,43)7;1-28(2)33-15-20-44(45-23-24-46-26-32-25-31(46)27-47(32)52(8,50)51)22-21-42(6)35(38(33)44)13-14-37-41(5)18-16-34(29-9-11-30(12-10-29)39(48)49)40(3,4)36(41)17-19-43(37,42)7/h10-13,17,32-34,36-39,46H,1,14-16,18-28H2,2-9H3;9-12,16,31-33,35-38,45H,1,13-15,17-27H2,2-8H3,(H,48,49)/t32-,33-,34-,36+,37-,38+,39+,42-,43+,44+,45-;31-,32-,33-,35+,36-,37+,38+,41-,42+,43+,44-/m00/s1. The van der Waals surface area contributed by atoms with Crippen LogP contribution < -0.4 is 10.6 Å². The first-order chi connectivity index (χ1) is 49.2. The van der Waals surface area contributed by atoms with Crippen LogP contribution in [0.1, 0.15) is 243 Å². The number of carbonyl (C=O) groups excluding carboxylic acids is 1. The van der Waals surface area contributed by atoms with Gasteiger partial charge in [0.05, 0.1) is 30.7 Å². The van der Waals surface area contributed by atoms with Gasteiger partial charge in [0.2, 0.25) is 20.0 Å². The number of sulfonamides is 2. The second-order valence-corrected chi connectivity index (χ2v) is 44.2. The Morgan fingerprint density at radius 2 is 0.886 bits per heavy atom. The Balaban J connectivity index is 0.000000169. The molecule has 578 valence electrons. The fourth-order valence-corrected chi connectivity index (χ4v) is 32.8. The third-order valence-electron chi connectivity index (χ3n) is 35.6. The summed E-state index contributed by atoms with van der Waals surface area (Å²) in [6.45, 7) is 47.0. The van der Waals surface area contributed by atoms with Crippen molar-refractivity contribution in [1.82, 2.24) is 29.0 Å². The molecule has 0 spiro atoms. The minimum absolute atomic E-state index is 0.0108. The number of hydrogen-bond acceptors (Lipinski definition) is 11. The molecule has 22 atom stereocenters. The minimum Gasteiger partial charge on any atom is -0.478 e. The van der Waals surface area contributed by atoms with Gasteiger partial charge in [-0.2, -0.15) is 8.61 Å². The summed E-state index contributed by atoms with van der Waals surface area (Å²) in [5.41, 5.74) is 11.0. The summed E-state index contributed by atoms with van der Waals surface area (Å²) >= 11 is 0. The fraction of sp³-hybridized carbons (Fsp3) is 0.753. The van der Waals surface area contributed by atoms with Gasteiger partial charge in [0.15, 0.2) is 0 Å². The number of methoxy groups -OCH3 is 1. The van der Waals surface area contributed by atoms with Crippen molar-refractivity contribution in [2.45, 2.75) is 247 Å². The maximum Gasteiger partial charge on any atom is 0.337 e. The summed E-state index contributed by atoms with van der Waals surface area (Å²) in [6.07, 6.45) is 32.5. The molecule has 0 aromatic heterocycles. The highest BCUT2D eigenvalue weighted by atomic mass is 32.2. The number of piperazine rings is 2. The van der Waals surface area contributed by atoms with E-state index in [-0.39, 0.29) is 61.6 Å². The van der Waals surface area contributed by atoms with Gasteiger partial charge in [0.1, 0.15) is 0 Å². The van der Waals surface area contributed by atoms with Crippen LogP contribution in [0.5, 0.6) is 0 Å². The number of esters is 1. The Morgan fingerprint density at radius 3 is 1.23 bits per heavy atom. The van der Waals surface area contributed by atoms with E-state index in [0.29, 0.717) is 106 Å². The lowest BCUT2D eigenvalue weighted by Gasteiger charge is -2.72. The van der Waals surface area contributed by atoms with Crippen LogP contribution in [0.3, 0.4) is 0 Å². The Bertz CT molecular complexity index is 4080. The molecule has 0 amide bonds. The minimum atomic E-state index is -3.12. The molecule has 12 fully saturated rings. The molecule has 4 heterocycles. The van der Waals surface area contributed by atoms with Crippen molar-refractivity contribution in [1.29, 1.82) is 0 Å². The molecule has 0 radical (unpaired) electrons. The van der Waals surface area contributed by atoms with Crippen LogP contribution in [0.4, 0.5) is 0 Å². The molecule has 16 heteroatoms. The molecule has 8 saturated carbocycles. The van der Waals surface area contributed by atoms with E-state index in [0.717, 1.165) is 65.0 Å². The Morgan fingerprint density at radius 1 is 0.495 bits per heavy atom. The number of nitrogens with zero attached hydrogens (tertiary/aromatic N) is 4. The number of hydrogen-bond donors (Lipinski definition) is 3. The zero-order valence-corrected chi connectivity index (χ0v) is 68.6. The third kappa shape index (κ3) is 11.7. The van der Waals surface area contributed by atoms with E-state index in [1.54, 1.807) is 20.7 Å². The van der Waals surface area contributed by atoms with Gasteiger partial charge in [-0.25, -0.2) is 26.4 Å². The molecule has 14 nitrogen and oxygen atoms in total. The quantitative estimate of drug-likeness (QED) is 0.108. The Hall–Kier alpha value is -4.00. The SMILES string of the molecule is C=C(C)[C@@H]1CC[C@]2(NCCN3C[C@@H]4C[C@H]3CN4S(C)(=O)=O)CC[C@]3(C)[C@H](CC[C@@H]4[C@@]5(C)CC=C(c6ccc(C(=O)O)cc6)C(C)(C)[C@@H]5CC[C@]43C)[C@@H]12.C=C(C)[C@@H]1CC[C@]2(NCCN3C[C@@H]4C[C@H]3CN4S(C)(=O)=O)CC[C@]3(C)[C@H](CC[C@@H]4[C@@]5(C)CC=C(c6ccc(C(=O)OC)cc6)C(C)(C)[C@@H]5CC[C@]43C)[C@@H]12. The first kappa shape index (κ1) is 76.4. The number of nitrogens with one attached hydrogen (secondary N) is 2. The van der Waals surface area contributed by atoms with Crippen molar-refractivity contribution < 1.29 is 36.3 Å². The number of fused-ring (bicyclic) bond motifs is 18. The van der Waals surface area contributed by atoms with E-state index < -0.39 is 26.0 Å². The molecule has 2 aromatic rings. The highest BCUT2D eigenvalue weighted by Crippen LogP contribution is 2.79. The normalized spacial score (nSPS) is 43.6. The first-order valence-corrected chi connectivity index (χ1v) is 45.1. The molecule has 4 saturated heterocycles. The highest BCUT2D eigenvalue weighted by molar-refractivity contribution is 7.88. The lowest BCUT2D eigenvalue weighted by molar-refractivity contribution is -0.219. The molecule has 16 rings (SSSR count). The molecular formula is C89H132N6O8S2. The van der Waals surface area contributed by atoms with Gasteiger partial charge in [0.25, 0.3) is 0 Å². The second-order valence-electron chi connectivity index (χ2n) is 40.3. The molecule has 4 bridgehead atoms. The molecule has 2 aromatic carbocycles. The van der Waals surface area contributed by atoms with Crippen LogP contribution in [0.25, 0.3) is 11.1 Å². The van der Waals surface area contributed by atoms with Gasteiger partial charge in [0, 0.05) is 87.6 Å². The lowest BCUT2D eigenvalue weighted by atomic mass is 9.33. The largest absolute Gasteiger partial charge is 0.478 e. The van der Waals surface area contributed by atoms with Gasteiger partial charge >= 0.3 is 11.9 Å². The smallest absolute Gasteiger partial charge is 0.337 e. The van der Waals surface area contributed by atoms with Crippen LogP contribution in [-0.4, -0.2) is 160 Å². The second kappa shape index (κ2) is 26.3. The van der Waals surface area contributed by atoms with Crippen molar-refractivity contribution in [2.75, 3.05) is 72.0 Å². The van der Waals surface area contributed by atoms with Crippen LogP contribution >= 0.6 is 0 Å². The predicted molar refractivity (Wildman–Crippen MR) is 423 cm³/mol. The molecule has 0 unspecified atom stereocenters. The molecule has 3 N–H and O–H groups in total. The van der Waals surface area contributed by atoms with Crippen molar-refractivity contribution in [3.8, 4) is 0 Å². The average Bonchev–Trinajstić information content (AvgIpc) is 1.53. The van der Waals surface area contributed by atoms with Crippen molar-refractivity contribution in [3.63, 3.8) is 0 Å². The van der Waals surface area contributed by atoms with E-state index in [4.69, 9.17) is 4.74 Å². The third-order valence-corrected chi connectivity index (χ3v) is 38.2. The molecular weight excluding hydrogens is 1350 g/mol. The van der Waals surface area contributed by atoms with E-state index in [1.165, 1.54) is 156 Å². The van der Waals surface area contributed by atoms with E-state index in [1.807, 2.05) is 24.3 Å². The summed E-state index contributed by atoms with van der Waals surface area (Å²) in [5, 5.41) is 18.1. The molecule has 4 aliphatic heterocycles. The first-order valence-electron chi connectivity index (χ1n) is 41.4. The number of carboxylic acid groups (broad SMARTS) is 1. The van der Waals surface area contributed by atoms with Crippen molar-refractivity contribution in [3.05, 3.63) is 107 Å². The number of allylic oxidation sites excluding steroid dienone is 6. The number of carbonyl (C=O) groups is 2. The summed E-state index contributed by atoms with van der Waals surface area (Å²) in [5.74, 6) is 5.18. The monoisotopic (exact) mass is 1480 g/mol. The summed E-state index contributed by atoms with van der Waals surface area (Å²) in [7, 11) is -4.80. The van der Waals surface area contributed by atoms with Crippen LogP contribution in [0.2, 0.25) is 0 Å². The van der Waals surface area contributed by atoms with E-state index in [9.17, 15) is 31.5 Å². The van der Waals surface area contributed by atoms with Crippen LogP contribution in [0.15, 0.2) is 85.0 Å². The predicted octanol–water partition coefficient (Wildman–Crippen LogP) is 16.3. The van der Waals surface area contributed by atoms with Gasteiger partial charge in [-0.1, -0.05) is 130 Å². The number of aromatic carboxylic acids is 1. The van der Waals surface area contributed by atoms with Gasteiger partial charge in [-0.05, 0) is 291 Å². The van der Waals surface area contributed by atoms with Crippen LogP contribution in [0, 0.1) is 102 Å². The molecule has 10 aliphatic carbocycles. The number of carboxylic acids is 1. The molecule has 14 aliphatic rings. The van der Waals surface area contributed by atoms with Crippen LogP contribution in [-0.2, 0) is 24.8 Å². The number of rotatable bonds is 16. The summed E-state index contributed by atoms with van der Waals surface area (Å²) in [6, 6.07) is 16.7. The topological polar surface area (TPSA) is 169 Å². The Labute approximate surface area is 633 Å². The van der Waals surface area contributed by atoms with Gasteiger partial charge < -0.3 is 20.5 Å². The average molecular weight is 1480 g/mol. The highest BCUT2D eigenvalue weighted by Gasteiger charge is 2.73. The van der Waals surface area contributed by atoms with Crippen molar-refractivity contribution in [2.24, 2.45) is 102 Å². The fourth-order valence-electron chi connectivity index (χ4n) is 30.5. The summed E-state index contributed by atoms with van der Waals surface area (Å²) < 4.78 is 57.6. The zero-order valence-electron chi connectivity index (χ0n) is 67.0. The van der Waals surface area contributed by atoms with E-state index >= 15 is 0 Å². The maximum atomic E-state index is 12.3. The van der Waals surface area contributed by atoms with E-state index in [2.05, 4.69) is 141 Å². The molecule has 105 heavy (non-hydrogen) atoms. The van der Waals surface area contributed by atoms with Gasteiger partial charge in [-0.3, -0.25) is 9.80 Å². The number of benzene rings is 2. The lowest BCUT2D eigenvalue weighted by Crippen LogP contribution is -2.68. The zero-order chi connectivity index (χ0) is 75.2. The number of likely N-dealkylation sites (tertiary alicyclic amines) is 2. The number of ether oxygens (including phenoxy) is 1. The maximum absolute atomic E-state index is 12.3. The summed E-state index contributed by atoms with van der Waals surface area (Å²) in [4.78, 5) is 28.9. The Kier molecular flexibility index (Phi) is 19.1.